The molecule has 0 amide bonds. The first kappa shape index (κ1) is 11.4. The zero-order valence-corrected chi connectivity index (χ0v) is 10.9. The summed E-state index contributed by atoms with van der Waals surface area (Å²) in [6.07, 6.45) is 0. The molecule has 0 aliphatic carbocycles. The molecule has 1 heterocycles. The first-order chi connectivity index (χ1) is 8.75. The van der Waals surface area contributed by atoms with Gasteiger partial charge in [0.2, 0.25) is 0 Å². The van der Waals surface area contributed by atoms with Crippen LogP contribution in [-0.4, -0.2) is 10.2 Å². The molecule has 3 rings (SSSR count). The Labute approximate surface area is 114 Å². The van der Waals surface area contributed by atoms with Crippen molar-refractivity contribution in [1.82, 2.24) is 10.2 Å². The Morgan fingerprint density at radius 1 is 1.00 bits per heavy atom. The summed E-state index contributed by atoms with van der Waals surface area (Å²) < 4.78 is 0.593. The molecule has 2 aromatic carbocycles. The SMILES string of the molecule is S=c1[nH]nc(Cl)cc1-c1cccc2ccccc12. The fraction of sp³-hybridized carbons (Fsp3) is 0. The van der Waals surface area contributed by atoms with Crippen molar-refractivity contribution in [3.8, 4) is 11.1 Å². The van der Waals surface area contributed by atoms with Crippen molar-refractivity contribution in [3.63, 3.8) is 0 Å². The Bertz CT molecular complexity index is 775. The lowest BCUT2D eigenvalue weighted by Crippen LogP contribution is -1.88. The number of aromatic nitrogens is 2. The zero-order chi connectivity index (χ0) is 12.5. The predicted octanol–water partition coefficient (Wildman–Crippen LogP) is 4.61. The molecule has 0 saturated carbocycles. The van der Waals surface area contributed by atoms with Gasteiger partial charge in [0.05, 0.1) is 0 Å². The second-order valence-corrected chi connectivity index (χ2v) is 4.76. The van der Waals surface area contributed by atoms with Gasteiger partial charge in [-0.25, -0.2) is 0 Å². The molecule has 4 heteroatoms. The number of fused-ring (bicyclic) bond motifs is 1. The van der Waals surface area contributed by atoms with Crippen molar-refractivity contribution in [2.75, 3.05) is 0 Å². The number of hydrogen-bond acceptors (Lipinski definition) is 2. The van der Waals surface area contributed by atoms with Crippen molar-refractivity contribution >= 4 is 34.6 Å². The van der Waals surface area contributed by atoms with Gasteiger partial charge in [-0.1, -0.05) is 66.3 Å². The average Bonchev–Trinajstić information content (AvgIpc) is 2.41. The molecule has 1 aromatic heterocycles. The van der Waals surface area contributed by atoms with E-state index in [1.165, 1.54) is 5.39 Å². The van der Waals surface area contributed by atoms with Gasteiger partial charge in [-0.2, -0.15) is 5.10 Å². The van der Waals surface area contributed by atoms with E-state index >= 15 is 0 Å². The van der Waals surface area contributed by atoms with E-state index in [2.05, 4.69) is 28.4 Å². The van der Waals surface area contributed by atoms with Crippen LogP contribution in [-0.2, 0) is 0 Å². The minimum Gasteiger partial charge on any atom is -0.266 e. The molecular formula is C14H9ClN2S. The van der Waals surface area contributed by atoms with Crippen LogP contribution in [0.5, 0.6) is 0 Å². The summed E-state index contributed by atoms with van der Waals surface area (Å²) in [5, 5.41) is 9.39. The zero-order valence-electron chi connectivity index (χ0n) is 9.35. The lowest BCUT2D eigenvalue weighted by atomic mass is 10.00. The maximum Gasteiger partial charge on any atom is 0.150 e. The van der Waals surface area contributed by atoms with E-state index < -0.39 is 0 Å². The smallest absolute Gasteiger partial charge is 0.150 e. The topological polar surface area (TPSA) is 28.7 Å². The predicted molar refractivity (Wildman–Crippen MR) is 77.4 cm³/mol. The minimum atomic E-state index is 0.409. The van der Waals surface area contributed by atoms with Gasteiger partial charge in [-0.15, -0.1) is 0 Å². The number of H-pyrrole nitrogens is 1. The molecule has 0 atom stereocenters. The van der Waals surface area contributed by atoms with Crippen LogP contribution < -0.4 is 0 Å². The molecule has 0 radical (unpaired) electrons. The van der Waals surface area contributed by atoms with E-state index in [0.717, 1.165) is 16.5 Å². The van der Waals surface area contributed by atoms with Crippen LogP contribution in [0.4, 0.5) is 0 Å². The summed E-state index contributed by atoms with van der Waals surface area (Å²) in [6, 6.07) is 16.1. The Morgan fingerprint density at radius 2 is 1.78 bits per heavy atom. The monoisotopic (exact) mass is 272 g/mol. The minimum absolute atomic E-state index is 0.409. The van der Waals surface area contributed by atoms with Gasteiger partial charge in [0, 0.05) is 5.56 Å². The molecule has 0 aliphatic rings. The quantitative estimate of drug-likeness (QED) is 0.655. The summed E-state index contributed by atoms with van der Waals surface area (Å²) in [4.78, 5) is 0. The van der Waals surface area contributed by atoms with Gasteiger partial charge in [0.1, 0.15) is 9.79 Å². The third-order valence-corrected chi connectivity index (χ3v) is 3.36. The van der Waals surface area contributed by atoms with Crippen molar-refractivity contribution in [1.29, 1.82) is 0 Å². The second-order valence-electron chi connectivity index (χ2n) is 3.96. The van der Waals surface area contributed by atoms with E-state index in [1.807, 2.05) is 24.3 Å². The summed E-state index contributed by atoms with van der Waals surface area (Å²) in [6.45, 7) is 0. The lowest BCUT2D eigenvalue weighted by molar-refractivity contribution is 1.02. The van der Waals surface area contributed by atoms with Crippen molar-refractivity contribution in [2.24, 2.45) is 0 Å². The number of halogens is 1. The highest BCUT2D eigenvalue weighted by atomic mass is 35.5. The van der Waals surface area contributed by atoms with Crippen molar-refractivity contribution < 1.29 is 0 Å². The first-order valence-corrected chi connectivity index (χ1v) is 6.28. The summed E-state index contributed by atoms with van der Waals surface area (Å²) in [7, 11) is 0. The lowest BCUT2D eigenvalue weighted by Gasteiger charge is -2.06. The van der Waals surface area contributed by atoms with E-state index in [1.54, 1.807) is 6.07 Å². The number of nitrogens with zero attached hydrogens (tertiary/aromatic N) is 1. The largest absolute Gasteiger partial charge is 0.266 e. The number of benzene rings is 2. The molecule has 1 N–H and O–H groups in total. The van der Waals surface area contributed by atoms with Gasteiger partial charge < -0.3 is 0 Å². The third kappa shape index (κ3) is 1.92. The fourth-order valence-corrected chi connectivity index (χ4v) is 2.41. The fourth-order valence-electron chi connectivity index (χ4n) is 2.04. The molecule has 0 saturated heterocycles. The molecule has 18 heavy (non-hydrogen) atoms. The molecule has 2 nitrogen and oxygen atoms in total. The van der Waals surface area contributed by atoms with Gasteiger partial charge in [-0.3, -0.25) is 5.10 Å². The van der Waals surface area contributed by atoms with Crippen molar-refractivity contribution in [2.45, 2.75) is 0 Å². The van der Waals surface area contributed by atoms with Gasteiger partial charge >= 0.3 is 0 Å². The third-order valence-electron chi connectivity index (χ3n) is 2.85. The molecule has 0 aliphatic heterocycles. The van der Waals surface area contributed by atoms with E-state index in [0.29, 0.717) is 9.79 Å². The van der Waals surface area contributed by atoms with Crippen LogP contribution in [0.25, 0.3) is 21.9 Å². The normalized spacial score (nSPS) is 10.7. The van der Waals surface area contributed by atoms with Crippen LogP contribution in [0.1, 0.15) is 0 Å². The maximum absolute atomic E-state index is 5.93. The van der Waals surface area contributed by atoms with Gasteiger partial charge in [0.15, 0.2) is 0 Å². The van der Waals surface area contributed by atoms with Crippen molar-refractivity contribution in [3.05, 3.63) is 58.3 Å². The number of rotatable bonds is 1. The van der Waals surface area contributed by atoms with E-state index in [-0.39, 0.29) is 0 Å². The molecule has 3 aromatic rings. The number of nitrogens with one attached hydrogen (secondary N) is 1. The van der Waals surface area contributed by atoms with Crippen LogP contribution in [0.15, 0.2) is 48.5 Å². The van der Waals surface area contributed by atoms with Crippen LogP contribution in [0.2, 0.25) is 5.15 Å². The molecule has 88 valence electrons. The first-order valence-electron chi connectivity index (χ1n) is 5.49. The standard InChI is InChI=1S/C14H9ClN2S/c15-13-8-12(14(18)17-16-13)11-7-3-5-9-4-1-2-6-10(9)11/h1-8H,(H,17,18). The highest BCUT2D eigenvalue weighted by molar-refractivity contribution is 7.71. The second kappa shape index (κ2) is 4.52. The summed E-state index contributed by atoms with van der Waals surface area (Å²) in [5.74, 6) is 0. The maximum atomic E-state index is 5.93. The molecule has 0 fully saturated rings. The summed E-state index contributed by atoms with van der Waals surface area (Å²) >= 11 is 11.2. The molecular weight excluding hydrogens is 264 g/mol. The number of aromatic amines is 1. The Morgan fingerprint density at radius 3 is 2.67 bits per heavy atom. The highest BCUT2D eigenvalue weighted by Gasteiger charge is 2.06. The van der Waals surface area contributed by atoms with Gasteiger partial charge in [0.25, 0.3) is 0 Å². The molecule has 0 bridgehead atoms. The van der Waals surface area contributed by atoms with Gasteiger partial charge in [-0.05, 0) is 22.4 Å². The molecule has 0 unspecified atom stereocenters. The molecule has 0 spiro atoms. The van der Waals surface area contributed by atoms with Crippen LogP contribution >= 0.6 is 23.8 Å². The Kier molecular flexibility index (Phi) is 2.86. The number of hydrogen-bond donors (Lipinski definition) is 1. The van der Waals surface area contributed by atoms with E-state index in [4.69, 9.17) is 23.8 Å². The van der Waals surface area contributed by atoms with E-state index in [9.17, 15) is 0 Å². The highest BCUT2D eigenvalue weighted by Crippen LogP contribution is 2.29. The Balaban J connectivity index is 2.38. The summed E-state index contributed by atoms with van der Waals surface area (Å²) in [5.41, 5.74) is 1.97. The van der Waals surface area contributed by atoms with Crippen LogP contribution in [0, 0.1) is 4.64 Å². The van der Waals surface area contributed by atoms with Crippen LogP contribution in [0.3, 0.4) is 0 Å². The average molecular weight is 273 g/mol. The Hall–Kier alpha value is -1.71.